The fourth-order valence-electron chi connectivity index (χ4n) is 4.46. The van der Waals surface area contributed by atoms with E-state index in [0.717, 1.165) is 38.0 Å². The second kappa shape index (κ2) is 12.1. The van der Waals surface area contributed by atoms with Gasteiger partial charge in [0.05, 0.1) is 0 Å². The number of allylic oxidation sites excluding steroid dienone is 2. The van der Waals surface area contributed by atoms with Crippen molar-refractivity contribution >= 4 is 17.9 Å². The van der Waals surface area contributed by atoms with Crippen LogP contribution < -0.4 is 11.1 Å². The van der Waals surface area contributed by atoms with E-state index in [1.165, 1.54) is 30.6 Å². The largest absolute Gasteiger partial charge is 0.444 e. The van der Waals surface area contributed by atoms with Crippen LogP contribution in [-0.2, 0) is 14.3 Å². The summed E-state index contributed by atoms with van der Waals surface area (Å²) in [5, 5.41) is 2.73. The zero-order valence-electron chi connectivity index (χ0n) is 19.5. The SMILES string of the molecule is CC(C)(C)OC(=O)N[C@@H](CCCCC/C=C\C1CCCC1)C(=O)N1CCC[C@H]1C(N)=O. The third kappa shape index (κ3) is 8.91. The second-order valence-corrected chi connectivity index (χ2v) is 9.90. The summed E-state index contributed by atoms with van der Waals surface area (Å²) in [5.74, 6) is 0.0305. The van der Waals surface area contributed by atoms with E-state index >= 15 is 0 Å². The molecule has 3 N–H and O–H groups in total. The van der Waals surface area contributed by atoms with Gasteiger partial charge in [-0.25, -0.2) is 4.79 Å². The first-order valence-electron chi connectivity index (χ1n) is 11.9. The Morgan fingerprint density at radius 1 is 1.10 bits per heavy atom. The number of ether oxygens (including phenoxy) is 1. The number of nitrogens with two attached hydrogens (primary N) is 1. The van der Waals surface area contributed by atoms with Crippen molar-refractivity contribution in [1.29, 1.82) is 0 Å². The number of primary amides is 1. The molecule has 31 heavy (non-hydrogen) atoms. The first-order valence-corrected chi connectivity index (χ1v) is 11.9. The molecule has 2 atom stereocenters. The number of amides is 3. The van der Waals surface area contributed by atoms with Crippen LogP contribution in [0.2, 0.25) is 0 Å². The van der Waals surface area contributed by atoms with Gasteiger partial charge < -0.3 is 20.7 Å². The van der Waals surface area contributed by atoms with Gasteiger partial charge in [-0.1, -0.05) is 37.8 Å². The molecule has 2 fully saturated rings. The highest BCUT2D eigenvalue weighted by Gasteiger charge is 2.36. The standard InChI is InChI=1S/C24H41N3O4/c1-24(2,3)31-23(30)26-19(22(29)27-17-11-16-20(27)21(25)28)15-8-6-4-5-7-12-18-13-9-10-14-18/h7,12,18-20H,4-6,8-11,13-17H2,1-3H3,(H2,25,28)(H,26,30)/b12-7-/t19-,20-/m0/s1. The van der Waals surface area contributed by atoms with Crippen molar-refractivity contribution in [3.63, 3.8) is 0 Å². The molecule has 1 saturated heterocycles. The fourth-order valence-corrected chi connectivity index (χ4v) is 4.46. The molecule has 7 nitrogen and oxygen atoms in total. The van der Waals surface area contributed by atoms with Crippen molar-refractivity contribution in [1.82, 2.24) is 10.2 Å². The summed E-state index contributed by atoms with van der Waals surface area (Å²) >= 11 is 0. The molecule has 0 unspecified atom stereocenters. The summed E-state index contributed by atoms with van der Waals surface area (Å²) in [5.41, 5.74) is 4.83. The number of likely N-dealkylation sites (tertiary alicyclic amines) is 1. The molecule has 1 saturated carbocycles. The Bertz CT molecular complexity index is 635. The minimum Gasteiger partial charge on any atom is -0.444 e. The number of alkyl carbamates (subject to hydrolysis) is 1. The number of carbonyl (C=O) groups is 3. The molecule has 0 spiro atoms. The van der Waals surface area contributed by atoms with E-state index in [0.29, 0.717) is 19.4 Å². The van der Waals surface area contributed by atoms with Crippen molar-refractivity contribution in [2.24, 2.45) is 11.7 Å². The molecule has 0 aromatic rings. The molecule has 1 heterocycles. The smallest absolute Gasteiger partial charge is 0.408 e. The van der Waals surface area contributed by atoms with Crippen LogP contribution in [0.5, 0.6) is 0 Å². The number of hydrogen-bond donors (Lipinski definition) is 2. The summed E-state index contributed by atoms with van der Waals surface area (Å²) in [7, 11) is 0. The van der Waals surface area contributed by atoms with Gasteiger partial charge in [-0.15, -0.1) is 0 Å². The fraction of sp³-hybridized carbons (Fsp3) is 0.792. The van der Waals surface area contributed by atoms with Crippen LogP contribution in [0.15, 0.2) is 12.2 Å². The summed E-state index contributed by atoms with van der Waals surface area (Å²) in [4.78, 5) is 38.6. The number of hydrogen-bond acceptors (Lipinski definition) is 4. The monoisotopic (exact) mass is 435 g/mol. The van der Waals surface area contributed by atoms with Crippen LogP contribution in [-0.4, -0.2) is 47.0 Å². The Morgan fingerprint density at radius 3 is 2.45 bits per heavy atom. The highest BCUT2D eigenvalue weighted by atomic mass is 16.6. The Morgan fingerprint density at radius 2 is 1.81 bits per heavy atom. The Labute approximate surface area is 187 Å². The molecule has 0 aromatic heterocycles. The third-order valence-corrected chi connectivity index (χ3v) is 6.03. The summed E-state index contributed by atoms with van der Waals surface area (Å²) in [6.07, 6.45) is 15.1. The molecule has 0 radical (unpaired) electrons. The number of carbonyl (C=O) groups excluding carboxylic acids is 3. The van der Waals surface area contributed by atoms with Crippen molar-refractivity contribution in [3.05, 3.63) is 12.2 Å². The molecule has 1 aliphatic carbocycles. The van der Waals surface area contributed by atoms with Gasteiger partial charge in [-0.2, -0.15) is 0 Å². The predicted molar refractivity (Wildman–Crippen MR) is 121 cm³/mol. The lowest BCUT2D eigenvalue weighted by molar-refractivity contribution is -0.139. The van der Waals surface area contributed by atoms with Crippen LogP contribution in [0.25, 0.3) is 0 Å². The lowest BCUT2D eigenvalue weighted by Crippen LogP contribution is -2.53. The zero-order chi connectivity index (χ0) is 22.9. The average molecular weight is 436 g/mol. The maximum atomic E-state index is 13.1. The van der Waals surface area contributed by atoms with Gasteiger partial charge in [-0.3, -0.25) is 9.59 Å². The molecule has 0 bridgehead atoms. The Balaban J connectivity index is 1.85. The molecular formula is C24H41N3O4. The highest BCUT2D eigenvalue weighted by molar-refractivity contribution is 5.91. The predicted octanol–water partition coefficient (Wildman–Crippen LogP) is 4.05. The van der Waals surface area contributed by atoms with E-state index in [-0.39, 0.29) is 5.91 Å². The van der Waals surface area contributed by atoms with Gasteiger partial charge in [0, 0.05) is 6.54 Å². The second-order valence-electron chi connectivity index (χ2n) is 9.90. The van der Waals surface area contributed by atoms with Crippen molar-refractivity contribution in [2.45, 2.75) is 109 Å². The molecule has 7 heteroatoms. The molecule has 1 aliphatic heterocycles. The Kier molecular flexibility index (Phi) is 9.85. The van der Waals surface area contributed by atoms with Crippen LogP contribution in [0, 0.1) is 5.92 Å². The van der Waals surface area contributed by atoms with Gasteiger partial charge in [0.15, 0.2) is 0 Å². The minimum absolute atomic E-state index is 0.242. The van der Waals surface area contributed by atoms with Crippen molar-refractivity contribution in [2.75, 3.05) is 6.54 Å². The molecule has 0 aromatic carbocycles. The quantitative estimate of drug-likeness (QED) is 0.399. The van der Waals surface area contributed by atoms with Gasteiger partial charge >= 0.3 is 6.09 Å². The van der Waals surface area contributed by atoms with E-state index < -0.39 is 29.7 Å². The first-order chi connectivity index (χ1) is 14.7. The number of unbranched alkanes of at least 4 members (excludes halogenated alkanes) is 3. The normalized spacial score (nSPS) is 20.9. The van der Waals surface area contributed by atoms with Gasteiger partial charge in [0.1, 0.15) is 17.7 Å². The van der Waals surface area contributed by atoms with Crippen molar-refractivity contribution in [3.8, 4) is 0 Å². The van der Waals surface area contributed by atoms with Gasteiger partial charge in [0.25, 0.3) is 0 Å². The van der Waals surface area contributed by atoms with Crippen molar-refractivity contribution < 1.29 is 19.1 Å². The van der Waals surface area contributed by atoms with Gasteiger partial charge in [-0.05, 0) is 71.6 Å². The Hall–Kier alpha value is -2.05. The van der Waals surface area contributed by atoms with E-state index in [1.54, 1.807) is 20.8 Å². The lowest BCUT2D eigenvalue weighted by atomic mass is 10.0. The average Bonchev–Trinajstić information content (AvgIpc) is 3.36. The molecule has 2 aliphatic rings. The minimum atomic E-state index is -0.705. The van der Waals surface area contributed by atoms with Gasteiger partial charge in [0.2, 0.25) is 11.8 Å². The lowest BCUT2D eigenvalue weighted by Gasteiger charge is -2.28. The van der Waals surface area contributed by atoms with Crippen LogP contribution in [0.4, 0.5) is 4.79 Å². The maximum Gasteiger partial charge on any atom is 0.408 e. The third-order valence-electron chi connectivity index (χ3n) is 6.03. The van der Waals surface area contributed by atoms with E-state index in [9.17, 15) is 14.4 Å². The molecule has 3 amide bonds. The van der Waals surface area contributed by atoms with E-state index in [1.807, 2.05) is 0 Å². The van der Waals surface area contributed by atoms with Crippen LogP contribution in [0.1, 0.15) is 91.4 Å². The highest BCUT2D eigenvalue weighted by Crippen LogP contribution is 2.26. The zero-order valence-corrected chi connectivity index (χ0v) is 19.5. The molecule has 176 valence electrons. The topological polar surface area (TPSA) is 102 Å². The van der Waals surface area contributed by atoms with Crippen LogP contribution in [0.3, 0.4) is 0 Å². The summed E-state index contributed by atoms with van der Waals surface area (Å²) in [6, 6.07) is -1.29. The molecule has 2 rings (SSSR count). The maximum absolute atomic E-state index is 13.1. The number of nitrogens with zero attached hydrogens (tertiary/aromatic N) is 1. The first kappa shape index (κ1) is 25.2. The van der Waals surface area contributed by atoms with E-state index in [4.69, 9.17) is 10.5 Å². The molecular weight excluding hydrogens is 394 g/mol. The summed E-state index contributed by atoms with van der Waals surface area (Å²) in [6.45, 7) is 5.84. The number of rotatable bonds is 10. The summed E-state index contributed by atoms with van der Waals surface area (Å²) < 4.78 is 5.34. The number of nitrogens with one attached hydrogen (secondary N) is 1. The van der Waals surface area contributed by atoms with Crippen LogP contribution >= 0.6 is 0 Å². The van der Waals surface area contributed by atoms with E-state index in [2.05, 4.69) is 17.5 Å².